The van der Waals surface area contributed by atoms with Gasteiger partial charge in [0, 0.05) is 19.0 Å². The molecule has 2 aromatic rings. The summed E-state index contributed by atoms with van der Waals surface area (Å²) >= 11 is 0. The molecule has 0 bridgehead atoms. The highest BCUT2D eigenvalue weighted by Gasteiger charge is 2.34. The van der Waals surface area contributed by atoms with Crippen LogP contribution in [0.1, 0.15) is 48.1 Å². The molecule has 8 heteroatoms. The first-order valence-corrected chi connectivity index (χ1v) is 12.6. The van der Waals surface area contributed by atoms with E-state index in [0.29, 0.717) is 42.3 Å². The highest BCUT2D eigenvalue weighted by atomic mass is 32.2. The summed E-state index contributed by atoms with van der Waals surface area (Å²) < 4.78 is 38.7. The maximum Gasteiger partial charge on any atom is 0.243 e. The number of nitrogens with one attached hydrogen (secondary N) is 1. The summed E-state index contributed by atoms with van der Waals surface area (Å²) in [5.41, 5.74) is 3.47. The fraction of sp³-hybridized carbons (Fsp3) is 0.480. The molecule has 2 aromatic carbocycles. The molecule has 1 N–H and O–H groups in total. The van der Waals surface area contributed by atoms with Crippen LogP contribution < -0.4 is 14.8 Å². The summed E-state index contributed by atoms with van der Waals surface area (Å²) in [7, 11) is -0.438. The van der Waals surface area contributed by atoms with Crippen molar-refractivity contribution >= 4 is 15.9 Å². The SMILES string of the molecule is COc1ccc([C@H](C)NC(=O)C2CCN(S(=O)(=O)c3c(C)cc(C)cc3C)CC2)cc1OC. The van der Waals surface area contributed by atoms with Gasteiger partial charge in [0.05, 0.1) is 25.2 Å². The Labute approximate surface area is 197 Å². The summed E-state index contributed by atoms with van der Waals surface area (Å²) in [6, 6.07) is 9.15. The van der Waals surface area contributed by atoms with Crippen LogP contribution in [0.15, 0.2) is 35.2 Å². The minimum atomic E-state index is -3.59. The topological polar surface area (TPSA) is 84.9 Å². The van der Waals surface area contributed by atoms with E-state index in [9.17, 15) is 13.2 Å². The third-order valence-electron chi connectivity index (χ3n) is 6.29. The van der Waals surface area contributed by atoms with Gasteiger partial charge in [-0.25, -0.2) is 8.42 Å². The number of amides is 1. The summed E-state index contributed by atoms with van der Waals surface area (Å²) in [4.78, 5) is 13.3. The van der Waals surface area contributed by atoms with E-state index < -0.39 is 10.0 Å². The molecule has 1 fully saturated rings. The van der Waals surface area contributed by atoms with E-state index in [0.717, 1.165) is 22.3 Å². The van der Waals surface area contributed by atoms with Crippen molar-refractivity contribution in [2.24, 2.45) is 5.92 Å². The van der Waals surface area contributed by atoms with Crippen molar-refractivity contribution in [3.63, 3.8) is 0 Å². The van der Waals surface area contributed by atoms with Crippen molar-refractivity contribution in [1.82, 2.24) is 9.62 Å². The van der Waals surface area contributed by atoms with Gasteiger partial charge in [-0.1, -0.05) is 23.8 Å². The number of sulfonamides is 1. The Bertz CT molecular complexity index is 1100. The molecule has 1 aliphatic rings. The molecule has 1 aliphatic heterocycles. The minimum absolute atomic E-state index is 0.0583. The van der Waals surface area contributed by atoms with Gasteiger partial charge in [0.15, 0.2) is 11.5 Å². The van der Waals surface area contributed by atoms with Crippen molar-refractivity contribution in [2.75, 3.05) is 27.3 Å². The Morgan fingerprint density at radius 3 is 2.12 bits per heavy atom. The lowest BCUT2D eigenvalue weighted by Crippen LogP contribution is -2.43. The van der Waals surface area contributed by atoms with E-state index in [1.807, 2.05) is 58.0 Å². The van der Waals surface area contributed by atoms with Gasteiger partial charge in [-0.15, -0.1) is 0 Å². The van der Waals surface area contributed by atoms with Crippen LogP contribution >= 0.6 is 0 Å². The van der Waals surface area contributed by atoms with Crippen molar-refractivity contribution in [3.8, 4) is 11.5 Å². The van der Waals surface area contributed by atoms with E-state index in [4.69, 9.17) is 9.47 Å². The quantitative estimate of drug-likeness (QED) is 0.658. The number of benzene rings is 2. The van der Waals surface area contributed by atoms with Gasteiger partial charge >= 0.3 is 0 Å². The molecule has 1 heterocycles. The molecule has 7 nitrogen and oxygen atoms in total. The highest BCUT2D eigenvalue weighted by molar-refractivity contribution is 7.89. The predicted octanol–water partition coefficient (Wildman–Crippen LogP) is 3.91. The average molecular weight is 475 g/mol. The number of rotatable bonds is 7. The zero-order chi connectivity index (χ0) is 24.3. The lowest BCUT2D eigenvalue weighted by molar-refractivity contribution is -0.126. The fourth-order valence-corrected chi connectivity index (χ4v) is 6.48. The molecule has 3 rings (SSSR count). The van der Waals surface area contributed by atoms with Crippen LogP contribution in [0.4, 0.5) is 0 Å². The van der Waals surface area contributed by atoms with E-state index in [-0.39, 0.29) is 17.9 Å². The lowest BCUT2D eigenvalue weighted by atomic mass is 9.96. The zero-order valence-electron chi connectivity index (χ0n) is 20.3. The molecule has 0 aliphatic carbocycles. The van der Waals surface area contributed by atoms with Gasteiger partial charge in [0.2, 0.25) is 15.9 Å². The molecule has 1 amide bonds. The molecule has 0 unspecified atom stereocenters. The van der Waals surface area contributed by atoms with Crippen molar-refractivity contribution in [2.45, 2.75) is 51.5 Å². The van der Waals surface area contributed by atoms with Gasteiger partial charge in [-0.2, -0.15) is 4.31 Å². The normalized spacial score (nSPS) is 16.3. The van der Waals surface area contributed by atoms with E-state index in [1.165, 1.54) is 4.31 Å². The smallest absolute Gasteiger partial charge is 0.243 e. The molecule has 180 valence electrons. The Morgan fingerprint density at radius 2 is 1.58 bits per heavy atom. The van der Waals surface area contributed by atoms with Crippen molar-refractivity contribution in [3.05, 3.63) is 52.6 Å². The van der Waals surface area contributed by atoms with Gasteiger partial charge in [-0.05, 0) is 69.4 Å². The maximum absolute atomic E-state index is 13.3. The summed E-state index contributed by atoms with van der Waals surface area (Å²) in [6.45, 7) is 8.21. The molecule has 1 saturated heterocycles. The molecular weight excluding hydrogens is 440 g/mol. The van der Waals surface area contributed by atoms with Crippen LogP contribution in [-0.4, -0.2) is 45.9 Å². The van der Waals surface area contributed by atoms with Crippen LogP contribution in [0.5, 0.6) is 11.5 Å². The van der Waals surface area contributed by atoms with Gasteiger partial charge in [-0.3, -0.25) is 4.79 Å². The molecule has 0 radical (unpaired) electrons. The second kappa shape index (κ2) is 10.1. The predicted molar refractivity (Wildman–Crippen MR) is 128 cm³/mol. The number of ether oxygens (including phenoxy) is 2. The Morgan fingerprint density at radius 1 is 1.00 bits per heavy atom. The monoisotopic (exact) mass is 474 g/mol. The standard InChI is InChI=1S/C25H34N2O5S/c1-16-13-17(2)24(18(3)14-16)33(29,30)27-11-9-20(10-12-27)25(28)26-19(4)21-7-8-22(31-5)23(15-21)32-6/h7-8,13-15,19-20H,9-12H2,1-6H3,(H,26,28)/t19-/m0/s1. The molecule has 0 saturated carbocycles. The number of aryl methyl sites for hydroxylation is 3. The number of methoxy groups -OCH3 is 2. The van der Waals surface area contributed by atoms with Crippen LogP contribution in [0.25, 0.3) is 0 Å². The van der Waals surface area contributed by atoms with E-state index in [2.05, 4.69) is 5.32 Å². The van der Waals surface area contributed by atoms with Crippen LogP contribution in [0, 0.1) is 26.7 Å². The summed E-state index contributed by atoms with van der Waals surface area (Å²) in [5, 5.41) is 3.06. The van der Waals surface area contributed by atoms with Crippen LogP contribution in [0.2, 0.25) is 0 Å². The third kappa shape index (κ3) is 5.33. The average Bonchev–Trinajstić information content (AvgIpc) is 2.77. The Hall–Kier alpha value is -2.58. The maximum atomic E-state index is 13.3. The lowest BCUT2D eigenvalue weighted by Gasteiger charge is -2.32. The largest absolute Gasteiger partial charge is 0.493 e. The molecular formula is C25H34N2O5S. The Kier molecular flexibility index (Phi) is 7.69. The minimum Gasteiger partial charge on any atom is -0.493 e. The molecule has 33 heavy (non-hydrogen) atoms. The van der Waals surface area contributed by atoms with Gasteiger partial charge < -0.3 is 14.8 Å². The third-order valence-corrected chi connectivity index (χ3v) is 8.50. The second-order valence-electron chi connectivity index (χ2n) is 8.75. The number of hydrogen-bond acceptors (Lipinski definition) is 5. The van der Waals surface area contributed by atoms with Crippen molar-refractivity contribution in [1.29, 1.82) is 0 Å². The first-order valence-electron chi connectivity index (χ1n) is 11.2. The van der Waals surface area contributed by atoms with Crippen molar-refractivity contribution < 1.29 is 22.7 Å². The van der Waals surface area contributed by atoms with E-state index >= 15 is 0 Å². The number of nitrogens with zero attached hydrogens (tertiary/aromatic N) is 1. The highest BCUT2D eigenvalue weighted by Crippen LogP contribution is 2.31. The zero-order valence-corrected chi connectivity index (χ0v) is 21.1. The first kappa shape index (κ1) is 25.1. The van der Waals surface area contributed by atoms with Crippen LogP contribution in [-0.2, 0) is 14.8 Å². The number of piperidine rings is 1. The molecule has 1 atom stereocenters. The van der Waals surface area contributed by atoms with Crippen LogP contribution in [0.3, 0.4) is 0 Å². The number of hydrogen-bond donors (Lipinski definition) is 1. The summed E-state index contributed by atoms with van der Waals surface area (Å²) in [6.07, 6.45) is 0.987. The Balaban J connectivity index is 1.64. The fourth-order valence-electron chi connectivity index (χ4n) is 4.60. The number of carbonyl (C=O) groups is 1. The van der Waals surface area contributed by atoms with Gasteiger partial charge in [0.1, 0.15) is 0 Å². The first-order chi connectivity index (χ1) is 15.6. The summed E-state index contributed by atoms with van der Waals surface area (Å²) in [5.74, 6) is 0.958. The molecule has 0 aromatic heterocycles. The second-order valence-corrected chi connectivity index (χ2v) is 10.6. The number of carbonyl (C=O) groups excluding carboxylic acids is 1. The van der Waals surface area contributed by atoms with Gasteiger partial charge in [0.25, 0.3) is 0 Å². The van der Waals surface area contributed by atoms with E-state index in [1.54, 1.807) is 14.2 Å². The molecule has 0 spiro atoms.